The van der Waals surface area contributed by atoms with Gasteiger partial charge in [-0.3, -0.25) is 9.69 Å². The lowest BCUT2D eigenvalue weighted by Crippen LogP contribution is -2.62. The highest BCUT2D eigenvalue weighted by molar-refractivity contribution is 5.83. The Morgan fingerprint density at radius 3 is 2.66 bits per heavy atom. The monoisotopic (exact) mass is 398 g/mol. The fraction of sp³-hybridized carbons (Fsp3) is 0.708. The fourth-order valence-corrected chi connectivity index (χ4v) is 6.54. The van der Waals surface area contributed by atoms with E-state index in [9.17, 15) is 9.90 Å². The topological polar surface area (TPSA) is 53.0 Å². The zero-order valence-corrected chi connectivity index (χ0v) is 17.3. The van der Waals surface area contributed by atoms with Crippen molar-refractivity contribution in [1.82, 2.24) is 9.80 Å². The second kappa shape index (κ2) is 8.01. The largest absolute Gasteiger partial charge is 0.395 e. The van der Waals surface area contributed by atoms with Gasteiger partial charge in [-0.15, -0.1) is 0 Å². The molecule has 1 aromatic rings. The number of hydrogen-bond donors (Lipinski definition) is 1. The Bertz CT molecular complexity index is 718. The first-order valence-electron chi connectivity index (χ1n) is 11.5. The molecule has 5 heteroatoms. The second-order valence-corrected chi connectivity index (χ2v) is 9.74. The molecule has 1 N–H and O–H groups in total. The number of ether oxygens (including phenoxy) is 1. The van der Waals surface area contributed by atoms with Gasteiger partial charge in [0.1, 0.15) is 0 Å². The van der Waals surface area contributed by atoms with Crippen molar-refractivity contribution in [2.24, 2.45) is 17.3 Å². The van der Waals surface area contributed by atoms with E-state index >= 15 is 0 Å². The van der Waals surface area contributed by atoms with Gasteiger partial charge in [0.2, 0.25) is 5.91 Å². The summed E-state index contributed by atoms with van der Waals surface area (Å²) in [5.74, 6) is 1.30. The molecule has 0 unspecified atom stereocenters. The first-order chi connectivity index (χ1) is 14.2. The molecule has 0 radical (unpaired) electrons. The van der Waals surface area contributed by atoms with Gasteiger partial charge in [-0.1, -0.05) is 30.3 Å². The first kappa shape index (κ1) is 19.5. The van der Waals surface area contributed by atoms with Crippen molar-refractivity contribution in [3.63, 3.8) is 0 Å². The zero-order valence-electron chi connectivity index (χ0n) is 17.3. The molecule has 0 saturated carbocycles. The SMILES string of the molecule is O=C(N1C[C@@H]2C[C@H](C1)[C@@H]1CCC[C@H](c3ccccc3)N1C2)C1(CO)CCOCC1. The summed E-state index contributed by atoms with van der Waals surface area (Å²) >= 11 is 0. The molecule has 4 fully saturated rings. The lowest BCUT2D eigenvalue weighted by atomic mass is 9.72. The number of fused-ring (bicyclic) bond motifs is 4. The summed E-state index contributed by atoms with van der Waals surface area (Å²) in [4.78, 5) is 18.4. The third-order valence-electron chi connectivity index (χ3n) is 8.06. The molecular weight excluding hydrogens is 364 g/mol. The van der Waals surface area contributed by atoms with Gasteiger partial charge in [0, 0.05) is 44.9 Å². The molecule has 1 aromatic carbocycles. The minimum atomic E-state index is -0.608. The van der Waals surface area contributed by atoms with Gasteiger partial charge in [-0.25, -0.2) is 0 Å². The maximum absolute atomic E-state index is 13.5. The zero-order chi connectivity index (χ0) is 19.8. The number of aliphatic hydroxyl groups excluding tert-OH is 1. The van der Waals surface area contributed by atoms with Gasteiger partial charge in [-0.05, 0) is 55.9 Å². The minimum Gasteiger partial charge on any atom is -0.395 e. The quantitative estimate of drug-likeness (QED) is 0.851. The van der Waals surface area contributed by atoms with Crippen LogP contribution in [0.15, 0.2) is 30.3 Å². The highest BCUT2D eigenvalue weighted by atomic mass is 16.5. The third kappa shape index (κ3) is 3.51. The molecule has 0 spiro atoms. The van der Waals surface area contributed by atoms with Crippen LogP contribution in [0.4, 0.5) is 0 Å². The van der Waals surface area contributed by atoms with Gasteiger partial charge >= 0.3 is 0 Å². The molecular formula is C24H34N2O3. The molecule has 4 aliphatic heterocycles. The Hall–Kier alpha value is -1.43. The number of likely N-dealkylation sites (tertiary alicyclic amines) is 1. The van der Waals surface area contributed by atoms with E-state index in [1.807, 2.05) is 0 Å². The number of carbonyl (C=O) groups excluding carboxylic acids is 1. The van der Waals surface area contributed by atoms with Crippen molar-refractivity contribution < 1.29 is 14.6 Å². The molecule has 5 nitrogen and oxygen atoms in total. The van der Waals surface area contributed by atoms with Crippen LogP contribution in [0.5, 0.6) is 0 Å². The van der Waals surface area contributed by atoms with Gasteiger partial charge in [0.05, 0.1) is 12.0 Å². The molecule has 4 heterocycles. The summed E-state index contributed by atoms with van der Waals surface area (Å²) in [6.07, 6.45) is 6.33. The number of benzene rings is 1. The average Bonchev–Trinajstić information content (AvgIpc) is 2.79. The summed E-state index contributed by atoms with van der Waals surface area (Å²) in [5, 5.41) is 10.1. The molecule has 158 valence electrons. The average molecular weight is 399 g/mol. The van der Waals surface area contributed by atoms with Crippen molar-refractivity contribution in [1.29, 1.82) is 0 Å². The predicted molar refractivity (Wildman–Crippen MR) is 111 cm³/mol. The van der Waals surface area contributed by atoms with Crippen molar-refractivity contribution >= 4 is 5.91 Å². The van der Waals surface area contributed by atoms with Crippen LogP contribution in [-0.4, -0.2) is 66.3 Å². The number of nitrogens with zero attached hydrogens (tertiary/aromatic N) is 2. The van der Waals surface area contributed by atoms with Crippen LogP contribution in [0.3, 0.4) is 0 Å². The van der Waals surface area contributed by atoms with E-state index in [1.165, 1.54) is 31.2 Å². The molecule has 0 aliphatic carbocycles. The number of amides is 1. The van der Waals surface area contributed by atoms with Crippen LogP contribution in [0, 0.1) is 17.3 Å². The van der Waals surface area contributed by atoms with E-state index in [1.54, 1.807) is 0 Å². The van der Waals surface area contributed by atoms with Gasteiger partial charge in [-0.2, -0.15) is 0 Å². The Morgan fingerprint density at radius 1 is 1.10 bits per heavy atom. The minimum absolute atomic E-state index is 0.0489. The summed E-state index contributed by atoms with van der Waals surface area (Å²) in [7, 11) is 0. The van der Waals surface area contributed by atoms with Crippen molar-refractivity contribution in [3.8, 4) is 0 Å². The molecule has 1 amide bonds. The van der Waals surface area contributed by atoms with Crippen LogP contribution in [0.1, 0.15) is 50.1 Å². The summed E-state index contributed by atoms with van der Waals surface area (Å²) in [6, 6.07) is 12.1. The number of piperidine rings is 3. The van der Waals surface area contributed by atoms with E-state index in [-0.39, 0.29) is 12.5 Å². The standard InChI is InChI=1S/C24H34N2O3/c27-17-24(9-11-29-12-10-24)23(28)25-14-18-13-20(16-25)22-8-4-7-21(26(22)15-18)19-5-2-1-3-6-19/h1-3,5-6,18,20-22,27H,4,7-17H2/t18-,20+,21+,22-/m0/s1. The van der Waals surface area contributed by atoms with Crippen molar-refractivity contribution in [2.45, 2.75) is 50.6 Å². The van der Waals surface area contributed by atoms with Crippen LogP contribution in [0.25, 0.3) is 0 Å². The van der Waals surface area contributed by atoms with Crippen LogP contribution in [-0.2, 0) is 9.53 Å². The predicted octanol–water partition coefficient (Wildman–Crippen LogP) is 2.85. The lowest BCUT2D eigenvalue weighted by molar-refractivity contribution is -0.158. The number of carbonyl (C=O) groups is 1. The van der Waals surface area contributed by atoms with Crippen molar-refractivity contribution in [3.05, 3.63) is 35.9 Å². The smallest absolute Gasteiger partial charge is 0.231 e. The molecule has 5 rings (SSSR count). The summed E-state index contributed by atoms with van der Waals surface area (Å²) < 4.78 is 5.47. The van der Waals surface area contributed by atoms with E-state index in [4.69, 9.17) is 4.74 Å². The maximum atomic E-state index is 13.5. The van der Waals surface area contributed by atoms with Crippen LogP contribution >= 0.6 is 0 Å². The number of rotatable bonds is 3. The van der Waals surface area contributed by atoms with Crippen molar-refractivity contribution in [2.75, 3.05) is 39.5 Å². The molecule has 29 heavy (non-hydrogen) atoms. The maximum Gasteiger partial charge on any atom is 0.231 e. The van der Waals surface area contributed by atoms with Gasteiger partial charge in [0.15, 0.2) is 0 Å². The Kier molecular flexibility index (Phi) is 5.39. The highest BCUT2D eigenvalue weighted by Crippen LogP contribution is 2.45. The Morgan fingerprint density at radius 2 is 1.90 bits per heavy atom. The van der Waals surface area contributed by atoms with Crippen LogP contribution < -0.4 is 0 Å². The van der Waals surface area contributed by atoms with Gasteiger partial charge < -0.3 is 14.7 Å². The first-order valence-corrected chi connectivity index (χ1v) is 11.5. The third-order valence-corrected chi connectivity index (χ3v) is 8.06. The highest BCUT2D eigenvalue weighted by Gasteiger charge is 2.49. The summed E-state index contributed by atoms with van der Waals surface area (Å²) in [6.45, 7) is 3.93. The normalized spacial score (nSPS) is 34.4. The van der Waals surface area contributed by atoms with E-state index in [0.717, 1.165) is 19.6 Å². The molecule has 2 bridgehead atoms. The fourth-order valence-electron chi connectivity index (χ4n) is 6.54. The van der Waals surface area contributed by atoms with E-state index in [2.05, 4.69) is 40.1 Å². The lowest BCUT2D eigenvalue weighted by Gasteiger charge is -2.56. The van der Waals surface area contributed by atoms with Crippen LogP contribution in [0.2, 0.25) is 0 Å². The van der Waals surface area contributed by atoms with E-state index in [0.29, 0.717) is 50.0 Å². The summed E-state index contributed by atoms with van der Waals surface area (Å²) in [5.41, 5.74) is 0.842. The Labute approximate surface area is 174 Å². The second-order valence-electron chi connectivity index (χ2n) is 9.74. The van der Waals surface area contributed by atoms with Gasteiger partial charge in [0.25, 0.3) is 0 Å². The number of hydrogen-bond acceptors (Lipinski definition) is 4. The molecule has 4 atom stereocenters. The van der Waals surface area contributed by atoms with E-state index < -0.39 is 5.41 Å². The molecule has 4 saturated heterocycles. The number of aliphatic hydroxyl groups is 1. The molecule has 0 aromatic heterocycles. The molecule has 4 aliphatic rings. The Balaban J connectivity index is 1.34.